The van der Waals surface area contributed by atoms with Crippen LogP contribution in [0, 0.1) is 10.1 Å². The van der Waals surface area contributed by atoms with Gasteiger partial charge in [0.2, 0.25) is 5.91 Å². The highest BCUT2D eigenvalue weighted by atomic mass is 16.6. The zero-order valence-electron chi connectivity index (χ0n) is 15.9. The molecule has 1 saturated heterocycles. The molecule has 1 amide bonds. The Morgan fingerprint density at radius 1 is 1.18 bits per heavy atom. The van der Waals surface area contributed by atoms with Gasteiger partial charge in [-0.2, -0.15) is 0 Å². The van der Waals surface area contributed by atoms with Gasteiger partial charge in [-0.15, -0.1) is 0 Å². The van der Waals surface area contributed by atoms with Crippen molar-refractivity contribution in [3.63, 3.8) is 0 Å². The van der Waals surface area contributed by atoms with E-state index >= 15 is 0 Å². The maximum atomic E-state index is 12.6. The third kappa shape index (κ3) is 5.15. The molecule has 1 atom stereocenters. The molecule has 148 valence electrons. The van der Waals surface area contributed by atoms with E-state index in [9.17, 15) is 14.9 Å². The SMILES string of the molecule is CC(C(=O)Nc1ccccc1[N+](=O)[O-])N1CCC(OCc2ccccc2)CC1. The van der Waals surface area contributed by atoms with Crippen molar-refractivity contribution in [1.29, 1.82) is 0 Å². The molecule has 7 nitrogen and oxygen atoms in total. The third-order valence-corrected chi connectivity index (χ3v) is 5.09. The van der Waals surface area contributed by atoms with E-state index in [1.54, 1.807) is 18.2 Å². The molecule has 1 aliphatic rings. The quantitative estimate of drug-likeness (QED) is 0.583. The summed E-state index contributed by atoms with van der Waals surface area (Å²) in [5.74, 6) is -0.238. The van der Waals surface area contributed by atoms with Gasteiger partial charge >= 0.3 is 0 Å². The highest BCUT2D eigenvalue weighted by Gasteiger charge is 2.28. The fourth-order valence-corrected chi connectivity index (χ4v) is 3.36. The Morgan fingerprint density at radius 3 is 2.50 bits per heavy atom. The Kier molecular flexibility index (Phi) is 6.73. The summed E-state index contributed by atoms with van der Waals surface area (Å²) in [7, 11) is 0. The molecule has 3 rings (SSSR count). The minimum absolute atomic E-state index is 0.101. The zero-order chi connectivity index (χ0) is 19.9. The summed E-state index contributed by atoms with van der Waals surface area (Å²) in [6.07, 6.45) is 1.90. The second-order valence-corrected chi connectivity index (χ2v) is 6.97. The van der Waals surface area contributed by atoms with E-state index < -0.39 is 4.92 Å². The van der Waals surface area contributed by atoms with Crippen LogP contribution in [-0.4, -0.2) is 41.0 Å². The van der Waals surface area contributed by atoms with Crippen LogP contribution in [0.5, 0.6) is 0 Å². The second-order valence-electron chi connectivity index (χ2n) is 6.97. The Morgan fingerprint density at radius 2 is 1.82 bits per heavy atom. The van der Waals surface area contributed by atoms with E-state index in [-0.39, 0.29) is 29.4 Å². The number of benzene rings is 2. The number of nitro benzene ring substituents is 1. The number of nitro groups is 1. The second kappa shape index (κ2) is 9.43. The maximum absolute atomic E-state index is 12.6. The molecule has 0 spiro atoms. The van der Waals surface area contributed by atoms with Gasteiger partial charge in [-0.25, -0.2) is 0 Å². The zero-order valence-corrected chi connectivity index (χ0v) is 15.9. The van der Waals surface area contributed by atoms with Crippen LogP contribution in [0.15, 0.2) is 54.6 Å². The molecule has 1 fully saturated rings. The molecule has 2 aromatic carbocycles. The number of ether oxygens (including phenoxy) is 1. The number of hydrogen-bond acceptors (Lipinski definition) is 5. The van der Waals surface area contributed by atoms with E-state index in [4.69, 9.17) is 4.74 Å². The number of anilines is 1. The van der Waals surface area contributed by atoms with Crippen LogP contribution in [0.2, 0.25) is 0 Å². The van der Waals surface area contributed by atoms with Crippen LogP contribution in [0.3, 0.4) is 0 Å². The summed E-state index contributed by atoms with van der Waals surface area (Å²) in [5, 5.41) is 13.8. The summed E-state index contributed by atoms with van der Waals surface area (Å²) in [6, 6.07) is 15.9. The Bertz CT molecular complexity index is 804. The van der Waals surface area contributed by atoms with Crippen molar-refractivity contribution in [2.45, 2.75) is 38.5 Å². The van der Waals surface area contributed by atoms with Crippen LogP contribution in [0.25, 0.3) is 0 Å². The minimum Gasteiger partial charge on any atom is -0.373 e. The van der Waals surface area contributed by atoms with Crippen molar-refractivity contribution in [3.8, 4) is 0 Å². The first-order valence-corrected chi connectivity index (χ1v) is 9.48. The van der Waals surface area contributed by atoms with Crippen LogP contribution >= 0.6 is 0 Å². The molecule has 1 heterocycles. The predicted molar refractivity (Wildman–Crippen MR) is 107 cm³/mol. The smallest absolute Gasteiger partial charge is 0.292 e. The van der Waals surface area contributed by atoms with Gasteiger partial charge in [-0.1, -0.05) is 42.5 Å². The summed E-state index contributed by atoms with van der Waals surface area (Å²) in [6.45, 7) is 3.93. The average molecular weight is 383 g/mol. The number of hydrogen-bond donors (Lipinski definition) is 1. The van der Waals surface area contributed by atoms with Crippen LogP contribution in [0.1, 0.15) is 25.3 Å². The summed E-state index contributed by atoms with van der Waals surface area (Å²) < 4.78 is 5.99. The van der Waals surface area contributed by atoms with Crippen molar-refractivity contribution < 1.29 is 14.5 Å². The van der Waals surface area contributed by atoms with Crippen LogP contribution in [0.4, 0.5) is 11.4 Å². The summed E-state index contributed by atoms with van der Waals surface area (Å²) in [5.41, 5.74) is 1.28. The number of likely N-dealkylation sites (tertiary alicyclic amines) is 1. The molecule has 1 aliphatic heterocycles. The predicted octanol–water partition coefficient (Wildman–Crippen LogP) is 3.60. The van der Waals surface area contributed by atoms with Crippen molar-refractivity contribution in [2.24, 2.45) is 0 Å². The standard InChI is InChI=1S/C21H25N3O4/c1-16(21(25)22-19-9-5-6-10-20(19)24(26)27)23-13-11-18(12-14-23)28-15-17-7-3-2-4-8-17/h2-10,16,18H,11-15H2,1H3,(H,22,25). The molecule has 1 unspecified atom stereocenters. The lowest BCUT2D eigenvalue weighted by atomic mass is 10.1. The topological polar surface area (TPSA) is 84.7 Å². The normalized spacial score (nSPS) is 16.5. The number of rotatable bonds is 7. The van der Waals surface area contributed by atoms with E-state index in [0.717, 1.165) is 31.5 Å². The third-order valence-electron chi connectivity index (χ3n) is 5.09. The Labute approximate surface area is 164 Å². The van der Waals surface area contributed by atoms with Crippen molar-refractivity contribution in [2.75, 3.05) is 18.4 Å². The molecule has 0 saturated carbocycles. The van der Waals surface area contributed by atoms with Gasteiger partial charge in [0.05, 0.1) is 23.7 Å². The first-order valence-electron chi connectivity index (χ1n) is 9.48. The largest absolute Gasteiger partial charge is 0.373 e. The summed E-state index contributed by atoms with van der Waals surface area (Å²) in [4.78, 5) is 25.3. The average Bonchev–Trinajstić information content (AvgIpc) is 2.73. The molecule has 28 heavy (non-hydrogen) atoms. The highest BCUT2D eigenvalue weighted by molar-refractivity contribution is 5.96. The summed E-state index contributed by atoms with van der Waals surface area (Å²) >= 11 is 0. The number of carbonyl (C=O) groups excluding carboxylic acids is 1. The van der Waals surface area contributed by atoms with E-state index in [2.05, 4.69) is 10.2 Å². The molecule has 0 aromatic heterocycles. The molecule has 1 N–H and O–H groups in total. The van der Waals surface area contributed by atoms with Gasteiger partial charge in [0, 0.05) is 19.2 Å². The highest BCUT2D eigenvalue weighted by Crippen LogP contribution is 2.24. The van der Waals surface area contributed by atoms with Crippen molar-refractivity contribution >= 4 is 17.3 Å². The number of amides is 1. The monoisotopic (exact) mass is 383 g/mol. The number of nitrogens with zero attached hydrogens (tertiary/aromatic N) is 2. The van der Waals surface area contributed by atoms with Gasteiger partial charge in [0.25, 0.3) is 5.69 Å². The first-order chi connectivity index (χ1) is 13.5. The number of piperidine rings is 1. The van der Waals surface area contributed by atoms with E-state index in [0.29, 0.717) is 6.61 Å². The molecule has 7 heteroatoms. The Balaban J connectivity index is 1.49. The molecule has 2 aromatic rings. The fraction of sp³-hybridized carbons (Fsp3) is 0.381. The van der Waals surface area contributed by atoms with Crippen LogP contribution < -0.4 is 5.32 Å². The van der Waals surface area contributed by atoms with Crippen molar-refractivity contribution in [1.82, 2.24) is 4.90 Å². The van der Waals surface area contributed by atoms with Gasteiger partial charge in [-0.3, -0.25) is 19.8 Å². The fourth-order valence-electron chi connectivity index (χ4n) is 3.36. The molecule has 0 radical (unpaired) electrons. The molecule has 0 aliphatic carbocycles. The lowest BCUT2D eigenvalue weighted by Crippen LogP contribution is -2.47. The molecule has 0 bridgehead atoms. The lowest BCUT2D eigenvalue weighted by molar-refractivity contribution is -0.383. The van der Waals surface area contributed by atoms with E-state index in [1.807, 2.05) is 37.3 Å². The van der Waals surface area contributed by atoms with Gasteiger partial charge in [0.1, 0.15) is 5.69 Å². The minimum atomic E-state index is -0.490. The Hall–Kier alpha value is -2.77. The lowest BCUT2D eigenvalue weighted by Gasteiger charge is -2.35. The van der Waals surface area contributed by atoms with Crippen molar-refractivity contribution in [3.05, 3.63) is 70.3 Å². The molecular formula is C21H25N3O4. The van der Waals surface area contributed by atoms with Gasteiger partial charge in [0.15, 0.2) is 0 Å². The van der Waals surface area contributed by atoms with Crippen LogP contribution in [-0.2, 0) is 16.1 Å². The maximum Gasteiger partial charge on any atom is 0.292 e. The van der Waals surface area contributed by atoms with Gasteiger partial charge in [-0.05, 0) is 31.4 Å². The first kappa shape index (κ1) is 20.0. The number of nitrogens with one attached hydrogen (secondary N) is 1. The van der Waals surface area contributed by atoms with E-state index in [1.165, 1.54) is 6.07 Å². The number of carbonyl (C=O) groups is 1. The number of para-hydroxylation sites is 2. The van der Waals surface area contributed by atoms with Gasteiger partial charge < -0.3 is 10.1 Å². The molecular weight excluding hydrogens is 358 g/mol.